The molecule has 16 heavy (non-hydrogen) atoms. The standard InChI is InChI=1S/C13H18O3/c1-4-16-13(15)6-5-11-7-10(3)12(14)8-9(11)2/h7-8,14H,4-6H2,1-3H3. The lowest BCUT2D eigenvalue weighted by Gasteiger charge is -2.08. The lowest BCUT2D eigenvalue weighted by molar-refractivity contribution is -0.143. The van der Waals surface area contributed by atoms with E-state index in [4.69, 9.17) is 4.74 Å². The Morgan fingerprint density at radius 1 is 1.31 bits per heavy atom. The van der Waals surface area contributed by atoms with E-state index in [0.29, 0.717) is 25.2 Å². The predicted molar refractivity (Wildman–Crippen MR) is 62.5 cm³/mol. The summed E-state index contributed by atoms with van der Waals surface area (Å²) in [5, 5.41) is 9.49. The second kappa shape index (κ2) is 5.54. The molecule has 0 atom stereocenters. The first kappa shape index (κ1) is 12.6. The molecule has 3 heteroatoms. The third-order valence-corrected chi connectivity index (χ3v) is 2.56. The van der Waals surface area contributed by atoms with Crippen LogP contribution in [0, 0.1) is 13.8 Å². The Bertz CT molecular complexity index is 383. The van der Waals surface area contributed by atoms with Crippen molar-refractivity contribution in [2.45, 2.75) is 33.6 Å². The summed E-state index contributed by atoms with van der Waals surface area (Å²) in [6.07, 6.45) is 1.05. The first-order chi connectivity index (χ1) is 7.54. The van der Waals surface area contributed by atoms with Crippen LogP contribution in [0.3, 0.4) is 0 Å². The van der Waals surface area contributed by atoms with Crippen LogP contribution in [0.15, 0.2) is 12.1 Å². The first-order valence-corrected chi connectivity index (χ1v) is 5.49. The normalized spacial score (nSPS) is 10.2. The Labute approximate surface area is 96.1 Å². The smallest absolute Gasteiger partial charge is 0.306 e. The molecule has 0 aliphatic carbocycles. The third-order valence-electron chi connectivity index (χ3n) is 2.56. The number of carbonyl (C=O) groups excluding carboxylic acids is 1. The van der Waals surface area contributed by atoms with Gasteiger partial charge in [0, 0.05) is 6.42 Å². The van der Waals surface area contributed by atoms with Crippen LogP contribution in [-0.4, -0.2) is 17.7 Å². The summed E-state index contributed by atoms with van der Waals surface area (Å²) in [5.74, 6) is 0.130. The lowest BCUT2D eigenvalue weighted by Crippen LogP contribution is -2.05. The number of carbonyl (C=O) groups is 1. The van der Waals surface area contributed by atoms with E-state index in [1.54, 1.807) is 13.0 Å². The number of esters is 1. The molecular formula is C13H18O3. The van der Waals surface area contributed by atoms with E-state index >= 15 is 0 Å². The fourth-order valence-corrected chi connectivity index (χ4v) is 1.60. The van der Waals surface area contributed by atoms with Gasteiger partial charge in [-0.1, -0.05) is 6.07 Å². The van der Waals surface area contributed by atoms with Gasteiger partial charge >= 0.3 is 5.97 Å². The summed E-state index contributed by atoms with van der Waals surface area (Å²) < 4.78 is 4.87. The van der Waals surface area contributed by atoms with E-state index in [-0.39, 0.29) is 5.97 Å². The summed E-state index contributed by atoms with van der Waals surface area (Å²) >= 11 is 0. The van der Waals surface area contributed by atoms with Gasteiger partial charge in [-0.2, -0.15) is 0 Å². The monoisotopic (exact) mass is 222 g/mol. The highest BCUT2D eigenvalue weighted by atomic mass is 16.5. The average molecular weight is 222 g/mol. The van der Waals surface area contributed by atoms with Crippen LogP contribution in [0.25, 0.3) is 0 Å². The second-order valence-electron chi connectivity index (χ2n) is 3.87. The highest BCUT2D eigenvalue weighted by molar-refractivity contribution is 5.69. The molecule has 1 rings (SSSR count). The van der Waals surface area contributed by atoms with E-state index in [9.17, 15) is 9.90 Å². The SMILES string of the molecule is CCOC(=O)CCc1cc(C)c(O)cc1C. The molecule has 1 aromatic carbocycles. The van der Waals surface area contributed by atoms with Crippen LogP contribution in [0.5, 0.6) is 5.75 Å². The molecule has 0 heterocycles. The summed E-state index contributed by atoms with van der Waals surface area (Å²) in [6, 6.07) is 3.65. The number of phenols is 1. The maximum absolute atomic E-state index is 11.2. The Balaban J connectivity index is 2.67. The second-order valence-corrected chi connectivity index (χ2v) is 3.87. The van der Waals surface area contributed by atoms with Crippen LogP contribution in [0.4, 0.5) is 0 Å². The Kier molecular flexibility index (Phi) is 4.35. The maximum Gasteiger partial charge on any atom is 0.306 e. The molecule has 0 amide bonds. The van der Waals surface area contributed by atoms with Crippen molar-refractivity contribution in [2.75, 3.05) is 6.61 Å². The summed E-state index contributed by atoms with van der Waals surface area (Å²) in [6.45, 7) is 6.00. The number of ether oxygens (including phenoxy) is 1. The number of phenolic OH excluding ortho intramolecular Hbond substituents is 1. The molecule has 1 N–H and O–H groups in total. The van der Waals surface area contributed by atoms with Crippen molar-refractivity contribution in [1.82, 2.24) is 0 Å². The molecule has 0 fully saturated rings. The molecular weight excluding hydrogens is 204 g/mol. The van der Waals surface area contributed by atoms with Gasteiger partial charge < -0.3 is 9.84 Å². The van der Waals surface area contributed by atoms with Gasteiger partial charge in [-0.15, -0.1) is 0 Å². The topological polar surface area (TPSA) is 46.5 Å². The van der Waals surface area contributed by atoms with Crippen molar-refractivity contribution in [1.29, 1.82) is 0 Å². The number of aryl methyl sites for hydroxylation is 3. The van der Waals surface area contributed by atoms with E-state index < -0.39 is 0 Å². The van der Waals surface area contributed by atoms with Crippen molar-refractivity contribution >= 4 is 5.97 Å². The van der Waals surface area contributed by atoms with Crippen LogP contribution < -0.4 is 0 Å². The quantitative estimate of drug-likeness (QED) is 0.796. The Hall–Kier alpha value is -1.51. The number of benzene rings is 1. The van der Waals surface area contributed by atoms with Crippen molar-refractivity contribution in [3.63, 3.8) is 0 Å². The van der Waals surface area contributed by atoms with Gasteiger partial charge in [-0.05, 0) is 49.9 Å². The molecule has 0 aromatic heterocycles. The molecule has 0 spiro atoms. The minimum Gasteiger partial charge on any atom is -0.508 e. The van der Waals surface area contributed by atoms with Crippen molar-refractivity contribution in [3.05, 3.63) is 28.8 Å². The molecule has 88 valence electrons. The van der Waals surface area contributed by atoms with Gasteiger partial charge in [-0.3, -0.25) is 4.79 Å². The van der Waals surface area contributed by atoms with E-state index in [1.165, 1.54) is 0 Å². The zero-order valence-corrected chi connectivity index (χ0v) is 10.0. The van der Waals surface area contributed by atoms with E-state index in [2.05, 4.69) is 0 Å². The Morgan fingerprint density at radius 3 is 2.62 bits per heavy atom. The third kappa shape index (κ3) is 3.26. The van der Waals surface area contributed by atoms with Crippen molar-refractivity contribution in [3.8, 4) is 5.75 Å². The zero-order valence-electron chi connectivity index (χ0n) is 10.0. The molecule has 1 aromatic rings. The lowest BCUT2D eigenvalue weighted by atomic mass is 10.0. The van der Waals surface area contributed by atoms with Crippen LogP contribution in [0.2, 0.25) is 0 Å². The van der Waals surface area contributed by atoms with Gasteiger partial charge in [0.15, 0.2) is 0 Å². The van der Waals surface area contributed by atoms with Crippen LogP contribution in [0.1, 0.15) is 30.0 Å². The molecule has 0 aliphatic rings. The van der Waals surface area contributed by atoms with Gasteiger partial charge in [0.1, 0.15) is 5.75 Å². The van der Waals surface area contributed by atoms with Gasteiger partial charge in [0.05, 0.1) is 6.61 Å². The average Bonchev–Trinajstić information content (AvgIpc) is 2.22. The molecule has 0 saturated carbocycles. The summed E-state index contributed by atoms with van der Waals surface area (Å²) in [4.78, 5) is 11.2. The molecule has 0 aliphatic heterocycles. The molecule has 0 saturated heterocycles. The van der Waals surface area contributed by atoms with Crippen molar-refractivity contribution < 1.29 is 14.6 Å². The first-order valence-electron chi connectivity index (χ1n) is 5.49. The van der Waals surface area contributed by atoms with Crippen molar-refractivity contribution in [2.24, 2.45) is 0 Å². The van der Waals surface area contributed by atoms with E-state index in [1.807, 2.05) is 19.9 Å². The molecule has 0 radical (unpaired) electrons. The van der Waals surface area contributed by atoms with Gasteiger partial charge in [0.2, 0.25) is 0 Å². The highest BCUT2D eigenvalue weighted by Crippen LogP contribution is 2.22. The minimum atomic E-state index is -0.173. The van der Waals surface area contributed by atoms with Gasteiger partial charge in [-0.25, -0.2) is 0 Å². The number of hydrogen-bond acceptors (Lipinski definition) is 3. The van der Waals surface area contributed by atoms with E-state index in [0.717, 1.165) is 16.7 Å². The maximum atomic E-state index is 11.2. The predicted octanol–water partition coefficient (Wildman–Crippen LogP) is 2.50. The highest BCUT2D eigenvalue weighted by Gasteiger charge is 2.07. The largest absolute Gasteiger partial charge is 0.508 e. The summed E-state index contributed by atoms with van der Waals surface area (Å²) in [7, 11) is 0. The van der Waals surface area contributed by atoms with Crippen LogP contribution in [-0.2, 0) is 16.0 Å². The minimum absolute atomic E-state index is 0.173. The number of aromatic hydroxyl groups is 1. The summed E-state index contributed by atoms with van der Waals surface area (Å²) in [5.41, 5.74) is 2.93. The fourth-order valence-electron chi connectivity index (χ4n) is 1.60. The zero-order chi connectivity index (χ0) is 12.1. The van der Waals surface area contributed by atoms with Crippen LogP contribution >= 0.6 is 0 Å². The molecule has 3 nitrogen and oxygen atoms in total. The molecule has 0 unspecified atom stereocenters. The Morgan fingerprint density at radius 2 is 2.00 bits per heavy atom. The fraction of sp³-hybridized carbons (Fsp3) is 0.462. The molecule has 0 bridgehead atoms. The number of rotatable bonds is 4. The van der Waals surface area contributed by atoms with Gasteiger partial charge in [0.25, 0.3) is 0 Å². The number of hydrogen-bond donors (Lipinski definition) is 1.